The highest BCUT2D eigenvalue weighted by molar-refractivity contribution is 5.89. The van der Waals surface area contributed by atoms with Crippen LogP contribution in [0.3, 0.4) is 0 Å². The Bertz CT molecular complexity index is 590. The van der Waals surface area contributed by atoms with Crippen molar-refractivity contribution in [3.8, 4) is 11.8 Å². The van der Waals surface area contributed by atoms with E-state index in [0.29, 0.717) is 12.0 Å². The van der Waals surface area contributed by atoms with E-state index in [1.807, 2.05) is 6.92 Å². The van der Waals surface area contributed by atoms with Gasteiger partial charge in [0.15, 0.2) is 11.9 Å². The minimum atomic E-state index is -1.85. The lowest BCUT2D eigenvalue weighted by Crippen LogP contribution is -2.49. The smallest absolute Gasteiger partial charge is 0.338 e. The Morgan fingerprint density at radius 1 is 1.39 bits per heavy atom. The molecule has 1 aromatic rings. The molecule has 0 amide bonds. The number of hydrogen-bond acceptors (Lipinski definition) is 6. The molecule has 0 saturated carbocycles. The molecule has 0 radical (unpaired) electrons. The molecule has 0 aliphatic carbocycles. The number of benzene rings is 1. The molecule has 0 bridgehead atoms. The molecule has 1 unspecified atom stereocenters. The number of hydrogen-bond donors (Lipinski definition) is 2. The van der Waals surface area contributed by atoms with Crippen LogP contribution in [0, 0.1) is 11.8 Å². The van der Waals surface area contributed by atoms with Crippen LogP contribution in [0.2, 0.25) is 0 Å². The third-order valence-corrected chi connectivity index (χ3v) is 3.57. The fourth-order valence-electron chi connectivity index (χ4n) is 2.28. The summed E-state index contributed by atoms with van der Waals surface area (Å²) < 4.78 is 15.6. The monoisotopic (exact) mass is 320 g/mol. The maximum atomic E-state index is 12.0. The van der Waals surface area contributed by atoms with Crippen molar-refractivity contribution in [2.75, 3.05) is 13.7 Å². The molecule has 6 heteroatoms. The Labute approximate surface area is 135 Å². The van der Waals surface area contributed by atoms with E-state index in [4.69, 9.17) is 14.2 Å². The van der Waals surface area contributed by atoms with E-state index in [-0.39, 0.29) is 6.61 Å². The van der Waals surface area contributed by atoms with Gasteiger partial charge in [-0.25, -0.2) is 4.79 Å². The van der Waals surface area contributed by atoms with Crippen LogP contribution in [0.15, 0.2) is 30.3 Å². The quantitative estimate of drug-likeness (QED) is 0.628. The Morgan fingerprint density at radius 2 is 2.09 bits per heavy atom. The molecule has 1 heterocycles. The first kappa shape index (κ1) is 17.4. The van der Waals surface area contributed by atoms with Crippen LogP contribution in [-0.2, 0) is 14.2 Å². The average molecular weight is 320 g/mol. The summed E-state index contributed by atoms with van der Waals surface area (Å²) >= 11 is 0. The minimum absolute atomic E-state index is 0.250. The number of rotatable bonds is 4. The van der Waals surface area contributed by atoms with Crippen molar-refractivity contribution >= 4 is 5.97 Å². The van der Waals surface area contributed by atoms with Crippen LogP contribution < -0.4 is 0 Å². The first-order valence-electron chi connectivity index (χ1n) is 7.33. The van der Waals surface area contributed by atoms with Crippen LogP contribution in [0.1, 0.15) is 23.7 Å². The van der Waals surface area contributed by atoms with Gasteiger partial charge in [-0.2, -0.15) is 0 Å². The number of ether oxygens (including phenoxy) is 3. The molecule has 124 valence electrons. The zero-order valence-corrected chi connectivity index (χ0v) is 13.1. The Kier molecular flexibility index (Phi) is 5.74. The van der Waals surface area contributed by atoms with Gasteiger partial charge in [-0.1, -0.05) is 31.0 Å². The maximum absolute atomic E-state index is 12.0. The number of carbonyl (C=O) groups excluding carboxylic acids is 1. The van der Waals surface area contributed by atoms with Gasteiger partial charge in [0.05, 0.1) is 5.56 Å². The number of aliphatic hydroxyl groups is 2. The molecule has 2 rings (SSSR count). The van der Waals surface area contributed by atoms with Gasteiger partial charge in [-0.15, -0.1) is 5.92 Å². The summed E-state index contributed by atoms with van der Waals surface area (Å²) in [5, 5.41) is 20.8. The molecule has 4 atom stereocenters. The molecule has 1 fully saturated rings. The molecule has 0 spiro atoms. The van der Waals surface area contributed by atoms with Crippen LogP contribution in [0.4, 0.5) is 0 Å². The summed E-state index contributed by atoms with van der Waals surface area (Å²) in [6, 6.07) is 8.46. The molecular formula is C17H20O6. The summed E-state index contributed by atoms with van der Waals surface area (Å²) in [5.41, 5.74) is -1.47. The fraction of sp³-hybridized carbons (Fsp3) is 0.471. The van der Waals surface area contributed by atoms with E-state index < -0.39 is 30.1 Å². The molecule has 1 aliphatic rings. The second-order valence-corrected chi connectivity index (χ2v) is 5.12. The maximum Gasteiger partial charge on any atom is 0.338 e. The van der Waals surface area contributed by atoms with Crippen LogP contribution in [0.5, 0.6) is 0 Å². The lowest BCUT2D eigenvalue weighted by Gasteiger charge is -2.24. The van der Waals surface area contributed by atoms with Gasteiger partial charge >= 0.3 is 5.97 Å². The van der Waals surface area contributed by atoms with Crippen molar-refractivity contribution in [1.82, 2.24) is 0 Å². The van der Waals surface area contributed by atoms with E-state index in [0.717, 1.165) is 0 Å². The third kappa shape index (κ3) is 3.71. The van der Waals surface area contributed by atoms with Crippen molar-refractivity contribution in [2.45, 2.75) is 37.4 Å². The van der Waals surface area contributed by atoms with Gasteiger partial charge < -0.3 is 24.4 Å². The first-order valence-corrected chi connectivity index (χ1v) is 7.33. The fourth-order valence-corrected chi connectivity index (χ4v) is 2.28. The van der Waals surface area contributed by atoms with E-state index in [2.05, 4.69) is 11.8 Å². The number of esters is 1. The number of aliphatic hydroxyl groups excluding tert-OH is 1. The summed E-state index contributed by atoms with van der Waals surface area (Å²) in [6.07, 6.45) is -2.89. The molecule has 2 N–H and O–H groups in total. The second-order valence-electron chi connectivity index (χ2n) is 5.12. The molecule has 1 aromatic carbocycles. The molecule has 6 nitrogen and oxygen atoms in total. The van der Waals surface area contributed by atoms with Gasteiger partial charge in [0, 0.05) is 13.5 Å². The molecule has 0 aromatic heterocycles. The lowest BCUT2D eigenvalue weighted by atomic mass is 9.93. The highest BCUT2D eigenvalue weighted by Crippen LogP contribution is 2.31. The Balaban J connectivity index is 2.09. The van der Waals surface area contributed by atoms with Gasteiger partial charge in [0.25, 0.3) is 0 Å². The van der Waals surface area contributed by atoms with Gasteiger partial charge in [0.1, 0.15) is 18.8 Å². The number of carbonyl (C=O) groups is 1. The summed E-state index contributed by atoms with van der Waals surface area (Å²) in [6.45, 7) is 1.57. The van der Waals surface area contributed by atoms with Crippen LogP contribution in [0.25, 0.3) is 0 Å². The lowest BCUT2D eigenvalue weighted by molar-refractivity contribution is -0.153. The van der Waals surface area contributed by atoms with E-state index >= 15 is 0 Å². The predicted octanol–water partition coefficient (Wildman–Crippen LogP) is 0.720. The van der Waals surface area contributed by atoms with Crippen molar-refractivity contribution in [3.63, 3.8) is 0 Å². The van der Waals surface area contributed by atoms with Crippen molar-refractivity contribution in [2.24, 2.45) is 0 Å². The molecule has 1 saturated heterocycles. The number of methoxy groups -OCH3 is 1. The normalized spacial score (nSPS) is 29.7. The van der Waals surface area contributed by atoms with Crippen molar-refractivity contribution in [3.05, 3.63) is 35.9 Å². The predicted molar refractivity (Wildman–Crippen MR) is 81.4 cm³/mol. The highest BCUT2D eigenvalue weighted by atomic mass is 16.7. The largest absolute Gasteiger partial charge is 0.459 e. The molecular weight excluding hydrogens is 300 g/mol. The topological polar surface area (TPSA) is 85.2 Å². The molecule has 23 heavy (non-hydrogen) atoms. The van der Waals surface area contributed by atoms with Crippen molar-refractivity contribution < 1.29 is 29.2 Å². The van der Waals surface area contributed by atoms with Crippen molar-refractivity contribution in [1.29, 1.82) is 0 Å². The Morgan fingerprint density at radius 3 is 2.70 bits per heavy atom. The van der Waals surface area contributed by atoms with Gasteiger partial charge in [0.2, 0.25) is 0 Å². The third-order valence-electron chi connectivity index (χ3n) is 3.57. The summed E-state index contributed by atoms with van der Waals surface area (Å²) in [5.74, 6) is 4.77. The van der Waals surface area contributed by atoms with Crippen LogP contribution >= 0.6 is 0 Å². The summed E-state index contributed by atoms with van der Waals surface area (Å²) in [4.78, 5) is 12.0. The zero-order chi connectivity index (χ0) is 16.9. The summed E-state index contributed by atoms with van der Waals surface area (Å²) in [7, 11) is 1.35. The zero-order valence-electron chi connectivity index (χ0n) is 13.1. The minimum Gasteiger partial charge on any atom is -0.459 e. The van der Waals surface area contributed by atoms with E-state index in [9.17, 15) is 15.0 Å². The van der Waals surface area contributed by atoms with E-state index in [1.165, 1.54) is 7.11 Å². The highest BCUT2D eigenvalue weighted by Gasteiger charge is 2.55. The first-order chi connectivity index (χ1) is 11.0. The van der Waals surface area contributed by atoms with Gasteiger partial charge in [-0.3, -0.25) is 0 Å². The average Bonchev–Trinajstić information content (AvgIpc) is 2.83. The van der Waals surface area contributed by atoms with E-state index in [1.54, 1.807) is 30.3 Å². The Hall–Kier alpha value is -1.91. The second kappa shape index (κ2) is 7.57. The molecule has 1 aliphatic heterocycles. The van der Waals surface area contributed by atoms with Gasteiger partial charge in [-0.05, 0) is 12.1 Å². The standard InChI is InChI=1S/C17H20O6/c1-3-4-10-17(20)13(23-16(21-2)14(17)18)11-22-15(19)12-8-6-5-7-9-12/h5-9,13-14,16,18,20H,3,11H2,1-2H3/t13-,14+,16?,17-/m1/s1. The SMILES string of the molecule is CCC#C[C@@]1(O)[C@@H](COC(=O)c2ccccc2)OC(OC)[C@@H]1O. The van der Waals surface area contributed by atoms with Crippen LogP contribution in [-0.4, -0.2) is 54.0 Å².